The van der Waals surface area contributed by atoms with Gasteiger partial charge in [0.2, 0.25) is 0 Å². The Morgan fingerprint density at radius 2 is 1.65 bits per heavy atom. The van der Waals surface area contributed by atoms with Gasteiger partial charge in [-0.05, 0) is 48.9 Å². The van der Waals surface area contributed by atoms with Crippen LogP contribution in [0.2, 0.25) is 5.02 Å². The molecule has 0 aliphatic heterocycles. The van der Waals surface area contributed by atoms with Crippen molar-refractivity contribution in [2.45, 2.75) is 6.92 Å². The van der Waals surface area contributed by atoms with Crippen LogP contribution in [-0.2, 0) is 0 Å². The minimum atomic E-state index is -0.354. The Kier molecular flexibility index (Phi) is 4.27. The molecular formula is C21H15ClFN3. The number of rotatable bonds is 3. The Morgan fingerprint density at radius 1 is 0.885 bits per heavy atom. The van der Waals surface area contributed by atoms with E-state index in [1.165, 1.54) is 6.07 Å². The Hall–Kier alpha value is -2.98. The van der Waals surface area contributed by atoms with E-state index in [2.05, 4.69) is 15.3 Å². The number of halogens is 2. The van der Waals surface area contributed by atoms with E-state index in [4.69, 9.17) is 11.6 Å². The maximum absolute atomic E-state index is 14.2. The molecule has 5 heteroatoms. The van der Waals surface area contributed by atoms with Gasteiger partial charge in [-0.1, -0.05) is 41.9 Å². The second-order valence-corrected chi connectivity index (χ2v) is 6.34. The highest BCUT2D eigenvalue weighted by Gasteiger charge is 2.13. The van der Waals surface area contributed by atoms with E-state index >= 15 is 0 Å². The molecule has 0 amide bonds. The second-order valence-electron chi connectivity index (χ2n) is 5.93. The number of fused-ring (bicyclic) bond motifs is 1. The molecule has 0 radical (unpaired) electrons. The van der Waals surface area contributed by atoms with E-state index in [0.29, 0.717) is 22.2 Å². The zero-order valence-electron chi connectivity index (χ0n) is 14.0. The molecule has 4 rings (SSSR count). The first-order valence-electron chi connectivity index (χ1n) is 8.17. The van der Waals surface area contributed by atoms with Crippen LogP contribution in [0, 0.1) is 12.7 Å². The van der Waals surface area contributed by atoms with Crippen molar-refractivity contribution in [3.05, 3.63) is 83.1 Å². The van der Waals surface area contributed by atoms with E-state index in [9.17, 15) is 4.39 Å². The van der Waals surface area contributed by atoms with Crippen molar-refractivity contribution in [2.75, 3.05) is 5.32 Å². The van der Waals surface area contributed by atoms with Gasteiger partial charge in [-0.3, -0.25) is 0 Å². The molecule has 0 spiro atoms. The Labute approximate surface area is 155 Å². The molecule has 1 aromatic heterocycles. The monoisotopic (exact) mass is 363 g/mol. The summed E-state index contributed by atoms with van der Waals surface area (Å²) in [6, 6.07) is 19.8. The van der Waals surface area contributed by atoms with Crippen LogP contribution in [0.4, 0.5) is 15.9 Å². The first kappa shape index (κ1) is 16.5. The van der Waals surface area contributed by atoms with Crippen LogP contribution in [0.3, 0.4) is 0 Å². The van der Waals surface area contributed by atoms with Gasteiger partial charge in [-0.25, -0.2) is 14.4 Å². The van der Waals surface area contributed by atoms with Crippen molar-refractivity contribution < 1.29 is 4.39 Å². The summed E-state index contributed by atoms with van der Waals surface area (Å²) in [5.74, 6) is 0.593. The molecule has 0 bridgehead atoms. The molecule has 1 heterocycles. The molecular weight excluding hydrogens is 349 g/mol. The Balaban J connectivity index is 1.90. The number of para-hydroxylation sites is 1. The minimum absolute atomic E-state index is 0.337. The first-order valence-corrected chi connectivity index (χ1v) is 8.55. The van der Waals surface area contributed by atoms with Crippen LogP contribution in [0.25, 0.3) is 22.3 Å². The SMILES string of the molecule is Cc1c(Cl)cccc1Nc1nc(-c2ccccc2F)nc2ccccc12. The van der Waals surface area contributed by atoms with Gasteiger partial charge in [0.1, 0.15) is 11.6 Å². The summed E-state index contributed by atoms with van der Waals surface area (Å²) < 4.78 is 14.2. The average Bonchev–Trinajstić information content (AvgIpc) is 2.66. The van der Waals surface area contributed by atoms with Crippen molar-refractivity contribution in [2.24, 2.45) is 0 Å². The predicted octanol–water partition coefficient (Wildman–Crippen LogP) is 6.14. The smallest absolute Gasteiger partial charge is 0.165 e. The fraction of sp³-hybridized carbons (Fsp3) is 0.0476. The zero-order chi connectivity index (χ0) is 18.1. The topological polar surface area (TPSA) is 37.8 Å². The Morgan fingerprint density at radius 3 is 2.50 bits per heavy atom. The van der Waals surface area contributed by atoms with Gasteiger partial charge in [0.15, 0.2) is 5.82 Å². The number of benzene rings is 3. The molecule has 3 nitrogen and oxygen atoms in total. The van der Waals surface area contributed by atoms with Crippen LogP contribution in [0.5, 0.6) is 0 Å². The van der Waals surface area contributed by atoms with Crippen molar-refractivity contribution in [3.8, 4) is 11.4 Å². The maximum atomic E-state index is 14.2. The Bertz CT molecular complexity index is 1110. The summed E-state index contributed by atoms with van der Waals surface area (Å²) in [5, 5.41) is 4.85. The van der Waals surface area contributed by atoms with E-state index in [-0.39, 0.29) is 5.82 Å². The van der Waals surface area contributed by atoms with E-state index in [1.54, 1.807) is 18.2 Å². The van der Waals surface area contributed by atoms with E-state index in [0.717, 1.165) is 22.2 Å². The first-order chi connectivity index (χ1) is 12.6. The molecule has 0 unspecified atom stereocenters. The fourth-order valence-corrected chi connectivity index (χ4v) is 2.98. The van der Waals surface area contributed by atoms with Gasteiger partial charge in [-0.2, -0.15) is 0 Å². The number of aromatic nitrogens is 2. The third-order valence-corrected chi connectivity index (χ3v) is 4.65. The molecule has 0 aliphatic rings. The van der Waals surface area contributed by atoms with Crippen molar-refractivity contribution in [1.82, 2.24) is 9.97 Å². The summed E-state index contributed by atoms with van der Waals surface area (Å²) in [4.78, 5) is 9.12. The highest BCUT2D eigenvalue weighted by atomic mass is 35.5. The predicted molar refractivity (Wildman–Crippen MR) is 104 cm³/mol. The lowest BCUT2D eigenvalue weighted by Crippen LogP contribution is -2.01. The van der Waals surface area contributed by atoms with Crippen molar-refractivity contribution in [3.63, 3.8) is 0 Å². The average molecular weight is 364 g/mol. The lowest BCUT2D eigenvalue weighted by atomic mass is 10.1. The lowest BCUT2D eigenvalue weighted by Gasteiger charge is -2.13. The van der Waals surface area contributed by atoms with Crippen LogP contribution >= 0.6 is 11.6 Å². The highest BCUT2D eigenvalue weighted by molar-refractivity contribution is 6.31. The van der Waals surface area contributed by atoms with Crippen LogP contribution in [-0.4, -0.2) is 9.97 Å². The van der Waals surface area contributed by atoms with Crippen molar-refractivity contribution in [1.29, 1.82) is 0 Å². The zero-order valence-corrected chi connectivity index (χ0v) is 14.8. The van der Waals surface area contributed by atoms with Gasteiger partial charge in [0, 0.05) is 16.1 Å². The normalized spacial score (nSPS) is 10.9. The third kappa shape index (κ3) is 3.00. The van der Waals surface area contributed by atoms with Gasteiger partial charge in [0.25, 0.3) is 0 Å². The molecule has 0 fully saturated rings. The quantitative estimate of drug-likeness (QED) is 0.475. The number of hydrogen-bond donors (Lipinski definition) is 1. The molecule has 4 aromatic rings. The maximum Gasteiger partial charge on any atom is 0.165 e. The van der Waals surface area contributed by atoms with E-state index < -0.39 is 0 Å². The lowest BCUT2D eigenvalue weighted by molar-refractivity contribution is 0.630. The number of hydrogen-bond acceptors (Lipinski definition) is 3. The van der Waals surface area contributed by atoms with Gasteiger partial charge >= 0.3 is 0 Å². The molecule has 0 atom stereocenters. The summed E-state index contributed by atoms with van der Waals surface area (Å²) >= 11 is 6.22. The van der Waals surface area contributed by atoms with Crippen LogP contribution in [0.1, 0.15) is 5.56 Å². The standard InChI is InChI=1S/C21H15ClFN3/c1-13-16(22)9-6-12-18(13)24-21-15-8-3-5-11-19(15)25-20(26-21)14-7-2-4-10-17(14)23/h2-12H,1H3,(H,24,25,26). The molecule has 0 saturated carbocycles. The number of nitrogens with zero attached hydrogens (tertiary/aromatic N) is 2. The summed E-state index contributed by atoms with van der Waals surface area (Å²) in [6.07, 6.45) is 0. The van der Waals surface area contributed by atoms with E-state index in [1.807, 2.05) is 49.4 Å². The number of anilines is 2. The van der Waals surface area contributed by atoms with Gasteiger partial charge in [0.05, 0.1) is 11.1 Å². The summed E-state index contributed by atoms with van der Waals surface area (Å²) in [5.41, 5.74) is 2.87. The molecule has 128 valence electrons. The summed E-state index contributed by atoms with van der Waals surface area (Å²) in [7, 11) is 0. The third-order valence-electron chi connectivity index (χ3n) is 4.24. The van der Waals surface area contributed by atoms with Crippen LogP contribution in [0.15, 0.2) is 66.7 Å². The highest BCUT2D eigenvalue weighted by Crippen LogP contribution is 2.31. The van der Waals surface area contributed by atoms with Crippen LogP contribution < -0.4 is 5.32 Å². The minimum Gasteiger partial charge on any atom is -0.339 e. The van der Waals surface area contributed by atoms with Gasteiger partial charge < -0.3 is 5.32 Å². The molecule has 3 aromatic carbocycles. The second kappa shape index (κ2) is 6.73. The van der Waals surface area contributed by atoms with Crippen molar-refractivity contribution >= 4 is 34.0 Å². The van der Waals surface area contributed by atoms with Gasteiger partial charge in [-0.15, -0.1) is 0 Å². The summed E-state index contributed by atoms with van der Waals surface area (Å²) in [6.45, 7) is 1.94. The molecule has 26 heavy (non-hydrogen) atoms. The fourth-order valence-electron chi connectivity index (χ4n) is 2.81. The number of nitrogens with one attached hydrogen (secondary N) is 1. The largest absolute Gasteiger partial charge is 0.339 e. The molecule has 0 aliphatic carbocycles. The molecule has 1 N–H and O–H groups in total. The molecule has 0 saturated heterocycles.